The number of H-pyrrole nitrogens is 1. The molecule has 0 saturated carbocycles. The zero-order valence-electron chi connectivity index (χ0n) is 16.6. The van der Waals surface area contributed by atoms with Crippen LogP contribution >= 0.6 is 11.6 Å². The molecule has 3 rings (SSSR count). The number of carbonyl (C=O) groups excluding carboxylic acids is 1. The number of benzene rings is 2. The van der Waals surface area contributed by atoms with Gasteiger partial charge in [-0.1, -0.05) is 41.9 Å². The second-order valence-electron chi connectivity index (χ2n) is 6.92. The number of aryl methyl sites for hydroxylation is 1. The topological polar surface area (TPSA) is 82.2 Å². The number of carbonyl (C=O) groups is 1. The van der Waals surface area contributed by atoms with Crippen molar-refractivity contribution in [1.82, 2.24) is 19.8 Å². The van der Waals surface area contributed by atoms with Gasteiger partial charge in [0.15, 0.2) is 0 Å². The molecule has 3 N–H and O–H groups in total. The van der Waals surface area contributed by atoms with Crippen molar-refractivity contribution in [3.63, 3.8) is 0 Å². The molecule has 2 aromatic carbocycles. The van der Waals surface area contributed by atoms with Crippen LogP contribution in [0.15, 0.2) is 59.5 Å². The van der Waals surface area contributed by atoms with Crippen LogP contribution in [0.2, 0.25) is 5.02 Å². The Kier molecular flexibility index (Phi) is 6.41. The van der Waals surface area contributed by atoms with E-state index in [4.69, 9.17) is 11.6 Å². The number of nitrogens with zero attached hydrogens (tertiary/aromatic N) is 2. The Morgan fingerprint density at radius 3 is 2.52 bits per heavy atom. The first kappa shape index (κ1) is 20.7. The lowest BCUT2D eigenvalue weighted by molar-refractivity contribution is 0.243. The molecule has 0 aliphatic carbocycles. The number of amides is 2. The van der Waals surface area contributed by atoms with Crippen molar-refractivity contribution < 1.29 is 4.79 Å². The maximum absolute atomic E-state index is 12.6. The molecule has 0 saturated heterocycles. The molecule has 2 amide bonds. The Balaban J connectivity index is 1.75. The molecule has 0 spiro atoms. The fourth-order valence-corrected chi connectivity index (χ4v) is 3.46. The van der Waals surface area contributed by atoms with Crippen LogP contribution in [0, 0.1) is 6.92 Å². The zero-order chi connectivity index (χ0) is 21.0. The van der Waals surface area contributed by atoms with Gasteiger partial charge in [0, 0.05) is 23.5 Å². The minimum Gasteiger partial charge on any atom is -0.336 e. The third-order valence-electron chi connectivity index (χ3n) is 4.70. The number of rotatable bonds is 6. The molecule has 7 nitrogen and oxygen atoms in total. The predicted octanol–water partition coefficient (Wildman–Crippen LogP) is 3.55. The standard InChI is InChI=1S/C21H24ClN5O2/c1-14-12-24-21(29)27(14)18-11-7-6-10-17(18)25-20(28)23-13-19(26(2)3)15-8-4-5-9-16(15)22/h4-12,19H,13H2,1-3H3,(H,24,29)(H2,23,25,28). The largest absolute Gasteiger partial charge is 0.336 e. The highest BCUT2D eigenvalue weighted by Crippen LogP contribution is 2.25. The van der Waals surface area contributed by atoms with Crippen LogP contribution in [0.25, 0.3) is 5.69 Å². The average Bonchev–Trinajstić information content (AvgIpc) is 3.02. The quantitative estimate of drug-likeness (QED) is 0.578. The highest BCUT2D eigenvalue weighted by Gasteiger charge is 2.18. The fraction of sp³-hybridized carbons (Fsp3) is 0.238. The summed E-state index contributed by atoms with van der Waals surface area (Å²) >= 11 is 6.33. The third kappa shape index (κ3) is 4.70. The smallest absolute Gasteiger partial charge is 0.330 e. The SMILES string of the molecule is Cc1c[nH]c(=O)n1-c1ccccc1NC(=O)NCC(c1ccccc1Cl)N(C)C. The predicted molar refractivity (Wildman–Crippen MR) is 116 cm³/mol. The zero-order valence-corrected chi connectivity index (χ0v) is 17.3. The molecule has 1 atom stereocenters. The summed E-state index contributed by atoms with van der Waals surface area (Å²) in [6, 6.07) is 14.3. The first-order valence-electron chi connectivity index (χ1n) is 9.20. The highest BCUT2D eigenvalue weighted by molar-refractivity contribution is 6.31. The summed E-state index contributed by atoms with van der Waals surface area (Å²) in [4.78, 5) is 29.3. The maximum Gasteiger partial charge on any atom is 0.330 e. The Bertz CT molecular complexity index is 1060. The van der Waals surface area contributed by atoms with Crippen LogP contribution in [0.4, 0.5) is 10.5 Å². The van der Waals surface area contributed by atoms with Gasteiger partial charge in [0.2, 0.25) is 0 Å². The molecule has 0 fully saturated rings. The third-order valence-corrected chi connectivity index (χ3v) is 5.04. The Morgan fingerprint density at radius 2 is 1.86 bits per heavy atom. The van der Waals surface area contributed by atoms with Gasteiger partial charge >= 0.3 is 11.7 Å². The van der Waals surface area contributed by atoms with Crippen molar-refractivity contribution in [2.75, 3.05) is 26.0 Å². The van der Waals surface area contributed by atoms with E-state index in [-0.39, 0.29) is 17.8 Å². The molecule has 152 valence electrons. The number of urea groups is 1. The number of anilines is 1. The maximum atomic E-state index is 12.6. The van der Waals surface area contributed by atoms with Crippen LogP contribution in [0.3, 0.4) is 0 Å². The van der Waals surface area contributed by atoms with Gasteiger partial charge < -0.3 is 20.5 Å². The lowest BCUT2D eigenvalue weighted by Crippen LogP contribution is -2.37. The second kappa shape index (κ2) is 8.98. The first-order valence-corrected chi connectivity index (χ1v) is 9.58. The number of para-hydroxylation sites is 2. The van der Waals surface area contributed by atoms with E-state index >= 15 is 0 Å². The van der Waals surface area contributed by atoms with Crippen LogP contribution in [-0.2, 0) is 0 Å². The normalized spacial score (nSPS) is 12.0. The van der Waals surface area contributed by atoms with Crippen LogP contribution in [0.5, 0.6) is 0 Å². The van der Waals surface area contributed by atoms with Gasteiger partial charge in [-0.25, -0.2) is 9.59 Å². The van der Waals surface area contributed by atoms with E-state index in [0.717, 1.165) is 11.3 Å². The summed E-state index contributed by atoms with van der Waals surface area (Å²) in [6.07, 6.45) is 1.63. The lowest BCUT2D eigenvalue weighted by atomic mass is 10.1. The Morgan fingerprint density at radius 1 is 1.17 bits per heavy atom. The van der Waals surface area contributed by atoms with Gasteiger partial charge in [0.1, 0.15) is 0 Å². The van der Waals surface area contributed by atoms with Crippen molar-refractivity contribution in [2.24, 2.45) is 0 Å². The Hall–Kier alpha value is -3.03. The Labute approximate surface area is 174 Å². The van der Waals surface area contributed by atoms with Gasteiger partial charge in [-0.15, -0.1) is 0 Å². The minimum atomic E-state index is -0.363. The van der Waals surface area contributed by atoms with E-state index in [0.29, 0.717) is 22.9 Å². The first-order chi connectivity index (χ1) is 13.9. The van der Waals surface area contributed by atoms with Crippen LogP contribution in [-0.4, -0.2) is 41.1 Å². The van der Waals surface area contributed by atoms with Crippen LogP contribution < -0.4 is 16.3 Å². The number of imidazole rings is 1. The molecule has 1 unspecified atom stereocenters. The fourth-order valence-electron chi connectivity index (χ4n) is 3.20. The number of nitrogens with one attached hydrogen (secondary N) is 3. The molecule has 29 heavy (non-hydrogen) atoms. The van der Waals surface area contributed by atoms with Crippen molar-refractivity contribution in [2.45, 2.75) is 13.0 Å². The molecule has 3 aromatic rings. The number of hydrogen-bond acceptors (Lipinski definition) is 3. The van der Waals surface area contributed by atoms with Crippen molar-refractivity contribution in [3.05, 3.63) is 81.5 Å². The highest BCUT2D eigenvalue weighted by atomic mass is 35.5. The average molecular weight is 414 g/mol. The molecule has 0 radical (unpaired) electrons. The van der Waals surface area contributed by atoms with Crippen molar-refractivity contribution in [1.29, 1.82) is 0 Å². The minimum absolute atomic E-state index is 0.0840. The van der Waals surface area contributed by atoms with Crippen molar-refractivity contribution in [3.8, 4) is 5.69 Å². The van der Waals surface area contributed by atoms with Gasteiger partial charge in [-0.3, -0.25) is 4.57 Å². The van der Waals surface area contributed by atoms with Gasteiger partial charge in [-0.05, 0) is 44.8 Å². The summed E-state index contributed by atoms with van der Waals surface area (Å²) in [7, 11) is 3.87. The van der Waals surface area contributed by atoms with Gasteiger partial charge in [0.05, 0.1) is 17.4 Å². The summed E-state index contributed by atoms with van der Waals surface area (Å²) in [5.41, 5.74) is 2.56. The summed E-state index contributed by atoms with van der Waals surface area (Å²) in [5.74, 6) is 0. The second-order valence-corrected chi connectivity index (χ2v) is 7.33. The molecular formula is C21H24ClN5O2. The van der Waals surface area contributed by atoms with E-state index in [1.165, 1.54) is 4.57 Å². The lowest BCUT2D eigenvalue weighted by Gasteiger charge is -2.26. The van der Waals surface area contributed by atoms with E-state index in [2.05, 4.69) is 15.6 Å². The van der Waals surface area contributed by atoms with E-state index < -0.39 is 0 Å². The monoisotopic (exact) mass is 413 g/mol. The molecule has 0 aliphatic heterocycles. The van der Waals surface area contributed by atoms with Crippen LogP contribution in [0.1, 0.15) is 17.3 Å². The molecule has 1 heterocycles. The molecule has 0 bridgehead atoms. The number of hydrogen-bond donors (Lipinski definition) is 3. The van der Waals surface area contributed by atoms with Gasteiger partial charge in [0.25, 0.3) is 0 Å². The molecular weight excluding hydrogens is 390 g/mol. The van der Waals surface area contributed by atoms with Crippen molar-refractivity contribution >= 4 is 23.3 Å². The summed E-state index contributed by atoms with van der Waals surface area (Å²) in [5, 5.41) is 6.39. The van der Waals surface area contributed by atoms with E-state index in [9.17, 15) is 9.59 Å². The number of halogens is 1. The number of aromatic nitrogens is 2. The number of aromatic amines is 1. The number of likely N-dealkylation sites (N-methyl/N-ethyl adjacent to an activating group) is 1. The van der Waals surface area contributed by atoms with Gasteiger partial charge in [-0.2, -0.15) is 0 Å². The summed E-state index contributed by atoms with van der Waals surface area (Å²) in [6.45, 7) is 2.19. The molecule has 1 aromatic heterocycles. The van der Waals surface area contributed by atoms with E-state index in [1.807, 2.05) is 56.3 Å². The molecule has 0 aliphatic rings. The molecule has 8 heteroatoms. The van der Waals surface area contributed by atoms with E-state index in [1.54, 1.807) is 24.4 Å². The summed E-state index contributed by atoms with van der Waals surface area (Å²) < 4.78 is 1.52.